The Balaban J connectivity index is 2.88. The number of nitrogens with one attached hydrogen (secondary N) is 3. The van der Waals surface area contributed by atoms with Crippen LogP contribution in [0.25, 0.3) is 0 Å². The maximum absolute atomic E-state index is 12.9. The van der Waals surface area contributed by atoms with Gasteiger partial charge in [0.25, 0.3) is 0 Å². The van der Waals surface area contributed by atoms with Gasteiger partial charge >= 0.3 is 5.97 Å². The van der Waals surface area contributed by atoms with E-state index in [2.05, 4.69) is 16.0 Å². The molecule has 0 unspecified atom stereocenters. The molecule has 0 saturated carbocycles. The molecule has 1 aromatic carbocycles. The monoisotopic (exact) mass is 481 g/mol. The van der Waals surface area contributed by atoms with Crippen molar-refractivity contribution in [2.24, 2.45) is 11.5 Å². The van der Waals surface area contributed by atoms with Crippen LogP contribution in [0.5, 0.6) is 0 Å². The summed E-state index contributed by atoms with van der Waals surface area (Å²) in [7, 11) is 0. The third-order valence-corrected chi connectivity index (χ3v) is 5.30. The highest BCUT2D eigenvalue weighted by atomic mass is 32.2. The fourth-order valence-corrected chi connectivity index (χ4v) is 3.28. The van der Waals surface area contributed by atoms with E-state index in [1.54, 1.807) is 36.0 Å². The van der Waals surface area contributed by atoms with Gasteiger partial charge in [0, 0.05) is 6.42 Å². The molecule has 11 nitrogen and oxygen atoms in total. The highest BCUT2D eigenvalue weighted by molar-refractivity contribution is 7.98. The second-order valence-electron chi connectivity index (χ2n) is 7.44. The van der Waals surface area contributed by atoms with Gasteiger partial charge in [-0.05, 0) is 30.9 Å². The van der Waals surface area contributed by atoms with E-state index in [-0.39, 0.29) is 6.42 Å². The minimum Gasteiger partial charge on any atom is -0.480 e. The Morgan fingerprint density at radius 1 is 0.970 bits per heavy atom. The Morgan fingerprint density at radius 2 is 1.58 bits per heavy atom. The zero-order chi connectivity index (χ0) is 25.0. The number of carbonyl (C=O) groups is 5. The number of carboxylic acids is 1. The van der Waals surface area contributed by atoms with E-state index < -0.39 is 60.2 Å². The Kier molecular flexibility index (Phi) is 11.9. The molecule has 4 amide bonds. The molecule has 0 bridgehead atoms. The summed E-state index contributed by atoms with van der Waals surface area (Å²) in [5.41, 5.74) is 11.7. The van der Waals surface area contributed by atoms with Crippen LogP contribution in [0, 0.1) is 0 Å². The molecule has 182 valence electrons. The minimum absolute atomic E-state index is 0.154. The van der Waals surface area contributed by atoms with Gasteiger partial charge in [-0.25, -0.2) is 4.79 Å². The van der Waals surface area contributed by atoms with Gasteiger partial charge < -0.3 is 32.5 Å². The van der Waals surface area contributed by atoms with Crippen LogP contribution < -0.4 is 27.4 Å². The van der Waals surface area contributed by atoms with Crippen LogP contribution in [0.3, 0.4) is 0 Å². The molecule has 0 radical (unpaired) electrons. The third-order valence-electron chi connectivity index (χ3n) is 4.66. The highest BCUT2D eigenvalue weighted by Gasteiger charge is 2.29. The van der Waals surface area contributed by atoms with Crippen LogP contribution in [-0.4, -0.2) is 70.9 Å². The molecule has 0 fully saturated rings. The zero-order valence-corrected chi connectivity index (χ0v) is 19.4. The fraction of sp³-hybridized carbons (Fsp3) is 0.476. The van der Waals surface area contributed by atoms with E-state index in [1.807, 2.05) is 12.3 Å². The first kappa shape index (κ1) is 27.9. The van der Waals surface area contributed by atoms with Crippen LogP contribution in [0.4, 0.5) is 0 Å². The molecule has 0 saturated heterocycles. The summed E-state index contributed by atoms with van der Waals surface area (Å²) in [6.45, 7) is 1.35. The molecule has 0 aliphatic heterocycles. The first-order valence-corrected chi connectivity index (χ1v) is 11.6. The SMILES string of the molecule is CSCC[C@H](N)C(=O)N[C@@H](Cc1ccccc1)C(=O)N[C@@H](C)C(=O)N[C@@H](CC(N)=O)C(=O)O. The number of rotatable bonds is 14. The van der Waals surface area contributed by atoms with E-state index >= 15 is 0 Å². The van der Waals surface area contributed by atoms with Gasteiger partial charge in [-0.1, -0.05) is 30.3 Å². The lowest BCUT2D eigenvalue weighted by Crippen LogP contribution is -2.57. The molecule has 1 rings (SSSR count). The van der Waals surface area contributed by atoms with Crippen molar-refractivity contribution in [3.05, 3.63) is 35.9 Å². The number of benzene rings is 1. The number of aliphatic carboxylic acids is 1. The largest absolute Gasteiger partial charge is 0.480 e. The second-order valence-corrected chi connectivity index (χ2v) is 8.42. The molecule has 0 aliphatic rings. The van der Waals surface area contributed by atoms with E-state index in [9.17, 15) is 24.0 Å². The van der Waals surface area contributed by atoms with Crippen LogP contribution in [0.1, 0.15) is 25.3 Å². The van der Waals surface area contributed by atoms with E-state index in [1.165, 1.54) is 6.92 Å². The molecule has 0 aromatic heterocycles. The first-order valence-electron chi connectivity index (χ1n) is 10.3. The molecule has 33 heavy (non-hydrogen) atoms. The summed E-state index contributed by atoms with van der Waals surface area (Å²) in [5.74, 6) is -3.62. The van der Waals surface area contributed by atoms with E-state index in [0.29, 0.717) is 12.2 Å². The molecular weight excluding hydrogens is 450 g/mol. The Labute approximate surface area is 196 Å². The molecule has 12 heteroatoms. The van der Waals surface area contributed by atoms with Gasteiger partial charge in [0.1, 0.15) is 18.1 Å². The lowest BCUT2D eigenvalue weighted by Gasteiger charge is -2.23. The molecule has 4 atom stereocenters. The van der Waals surface area contributed by atoms with Crippen LogP contribution in [-0.2, 0) is 30.4 Å². The second kappa shape index (κ2) is 14.1. The molecule has 8 N–H and O–H groups in total. The van der Waals surface area contributed by atoms with Gasteiger partial charge in [-0.3, -0.25) is 19.2 Å². The number of amides is 4. The number of hydrogen-bond acceptors (Lipinski definition) is 7. The average molecular weight is 482 g/mol. The van der Waals surface area contributed by atoms with E-state index in [4.69, 9.17) is 16.6 Å². The Hall–Kier alpha value is -3.12. The summed E-state index contributed by atoms with van der Waals surface area (Å²) in [4.78, 5) is 60.0. The molecular formula is C21H31N5O6S. The van der Waals surface area contributed by atoms with Gasteiger partial charge in [0.05, 0.1) is 12.5 Å². The van der Waals surface area contributed by atoms with E-state index in [0.717, 1.165) is 5.56 Å². The van der Waals surface area contributed by atoms with Crippen molar-refractivity contribution in [1.82, 2.24) is 16.0 Å². The van der Waals surface area contributed by atoms with Crippen LogP contribution >= 0.6 is 11.8 Å². The standard InChI is InChI=1S/C21H31N5O6S/c1-12(18(28)26-16(21(31)32)11-17(23)27)24-20(30)15(10-13-6-4-3-5-7-13)25-19(29)14(22)8-9-33-2/h3-7,12,14-16H,8-11,22H2,1-2H3,(H2,23,27)(H,24,30)(H,25,29)(H,26,28)(H,31,32)/t12-,14-,15-,16-/m0/s1. The Morgan fingerprint density at radius 3 is 2.12 bits per heavy atom. The summed E-state index contributed by atoms with van der Waals surface area (Å²) in [6.07, 6.45) is 1.88. The van der Waals surface area contributed by atoms with Crippen molar-refractivity contribution < 1.29 is 29.1 Å². The molecule has 0 heterocycles. The van der Waals surface area contributed by atoms with Crippen LogP contribution in [0.15, 0.2) is 30.3 Å². The van der Waals surface area contributed by atoms with Crippen molar-refractivity contribution in [2.75, 3.05) is 12.0 Å². The highest BCUT2D eigenvalue weighted by Crippen LogP contribution is 2.06. The normalized spacial score (nSPS) is 14.3. The van der Waals surface area contributed by atoms with Crippen molar-refractivity contribution in [1.29, 1.82) is 0 Å². The maximum Gasteiger partial charge on any atom is 0.326 e. The smallest absolute Gasteiger partial charge is 0.326 e. The average Bonchev–Trinajstić information content (AvgIpc) is 2.76. The minimum atomic E-state index is -1.52. The van der Waals surface area contributed by atoms with Crippen molar-refractivity contribution in [2.45, 2.75) is 50.4 Å². The number of thioether (sulfide) groups is 1. The topological polar surface area (TPSA) is 194 Å². The lowest BCUT2D eigenvalue weighted by molar-refractivity contribution is -0.143. The number of carbonyl (C=O) groups excluding carboxylic acids is 4. The predicted octanol–water partition coefficient (Wildman–Crippen LogP) is -1.26. The molecule has 1 aromatic rings. The van der Waals surface area contributed by atoms with Gasteiger partial charge in [0.2, 0.25) is 23.6 Å². The molecule has 0 spiro atoms. The quantitative estimate of drug-likeness (QED) is 0.189. The zero-order valence-electron chi connectivity index (χ0n) is 18.6. The summed E-state index contributed by atoms with van der Waals surface area (Å²) >= 11 is 1.54. The van der Waals surface area contributed by atoms with Gasteiger partial charge in [-0.2, -0.15) is 11.8 Å². The van der Waals surface area contributed by atoms with Crippen LogP contribution in [0.2, 0.25) is 0 Å². The summed E-state index contributed by atoms with van der Waals surface area (Å²) in [5, 5.41) is 16.4. The number of nitrogens with two attached hydrogens (primary N) is 2. The summed E-state index contributed by atoms with van der Waals surface area (Å²) in [6, 6.07) is 4.48. The predicted molar refractivity (Wildman–Crippen MR) is 124 cm³/mol. The van der Waals surface area contributed by atoms with Gasteiger partial charge in [-0.15, -0.1) is 0 Å². The number of primary amides is 1. The summed E-state index contributed by atoms with van der Waals surface area (Å²) < 4.78 is 0. The fourth-order valence-electron chi connectivity index (χ4n) is 2.79. The first-order chi connectivity index (χ1) is 15.5. The van der Waals surface area contributed by atoms with Gasteiger partial charge in [0.15, 0.2) is 0 Å². The maximum atomic E-state index is 12.9. The molecule has 0 aliphatic carbocycles. The third kappa shape index (κ3) is 10.4. The lowest BCUT2D eigenvalue weighted by atomic mass is 10.0. The number of hydrogen-bond donors (Lipinski definition) is 6. The van der Waals surface area contributed by atoms with Crippen molar-refractivity contribution >= 4 is 41.4 Å². The van der Waals surface area contributed by atoms with Crippen molar-refractivity contribution in [3.63, 3.8) is 0 Å². The van der Waals surface area contributed by atoms with Crippen molar-refractivity contribution in [3.8, 4) is 0 Å². The number of carboxylic acid groups (broad SMARTS) is 1. The Bertz CT molecular complexity index is 838.